The van der Waals surface area contributed by atoms with Crippen molar-refractivity contribution < 1.29 is 23.6 Å². The molecule has 2 aliphatic rings. The second kappa shape index (κ2) is 11.5. The van der Waals surface area contributed by atoms with E-state index in [0.717, 1.165) is 19.0 Å². The maximum Gasteiger partial charge on any atom is 0.323 e. The molecule has 4 rings (SSSR count). The SMILES string of the molecule is CO[C@H]1CN(C)C(=O)c2ccc(NC(=O)Nc3c(C)noc3C)cc2OC[C@@H](C)N(CC2CC2)C[C@H]1C. The molecule has 2 aromatic rings. The van der Waals surface area contributed by atoms with Crippen molar-refractivity contribution >= 4 is 23.3 Å². The fourth-order valence-corrected chi connectivity index (χ4v) is 4.75. The van der Waals surface area contributed by atoms with E-state index in [1.165, 1.54) is 12.8 Å². The van der Waals surface area contributed by atoms with Gasteiger partial charge in [0.2, 0.25) is 0 Å². The zero-order chi connectivity index (χ0) is 26.7. The van der Waals surface area contributed by atoms with Crippen molar-refractivity contribution in [2.75, 3.05) is 51.0 Å². The smallest absolute Gasteiger partial charge is 0.323 e. The molecule has 0 bridgehead atoms. The second-order valence-electron chi connectivity index (χ2n) is 10.5. The summed E-state index contributed by atoms with van der Waals surface area (Å²) in [5.41, 5.74) is 2.08. The van der Waals surface area contributed by atoms with Gasteiger partial charge in [0.05, 0.1) is 11.7 Å². The minimum atomic E-state index is -0.438. The van der Waals surface area contributed by atoms with E-state index >= 15 is 0 Å². The Balaban J connectivity index is 1.57. The molecule has 10 heteroatoms. The lowest BCUT2D eigenvalue weighted by Gasteiger charge is -2.36. The summed E-state index contributed by atoms with van der Waals surface area (Å²) >= 11 is 0. The summed E-state index contributed by atoms with van der Waals surface area (Å²) < 4.78 is 17.2. The molecule has 0 unspecified atom stereocenters. The Labute approximate surface area is 218 Å². The molecule has 202 valence electrons. The number of hydrogen-bond acceptors (Lipinski definition) is 7. The number of likely N-dealkylation sites (N-methyl/N-ethyl adjacent to an activating group) is 1. The highest BCUT2D eigenvalue weighted by molar-refractivity contribution is 6.02. The van der Waals surface area contributed by atoms with Crippen LogP contribution in [-0.2, 0) is 4.74 Å². The average molecular weight is 514 g/mol. The highest BCUT2D eigenvalue weighted by Gasteiger charge is 2.31. The summed E-state index contributed by atoms with van der Waals surface area (Å²) in [7, 11) is 3.49. The van der Waals surface area contributed by atoms with E-state index in [-0.39, 0.29) is 24.0 Å². The van der Waals surface area contributed by atoms with Gasteiger partial charge in [0, 0.05) is 51.6 Å². The second-order valence-corrected chi connectivity index (χ2v) is 10.5. The fraction of sp³-hybridized carbons (Fsp3) is 0.593. The first-order valence-corrected chi connectivity index (χ1v) is 13.0. The number of amides is 3. The predicted molar refractivity (Wildman–Crippen MR) is 141 cm³/mol. The Kier molecular flexibility index (Phi) is 8.39. The van der Waals surface area contributed by atoms with E-state index in [1.807, 2.05) is 0 Å². The Morgan fingerprint density at radius 2 is 1.95 bits per heavy atom. The van der Waals surface area contributed by atoms with E-state index < -0.39 is 6.03 Å². The van der Waals surface area contributed by atoms with Crippen LogP contribution in [0.2, 0.25) is 0 Å². The predicted octanol–water partition coefficient (Wildman–Crippen LogP) is 4.15. The lowest BCUT2D eigenvalue weighted by atomic mass is 10.0. The fourth-order valence-electron chi connectivity index (χ4n) is 4.75. The van der Waals surface area contributed by atoms with Crippen LogP contribution in [0, 0.1) is 25.7 Å². The lowest BCUT2D eigenvalue weighted by molar-refractivity contribution is 0.00994. The zero-order valence-electron chi connectivity index (χ0n) is 22.7. The number of carbonyl (C=O) groups is 2. The molecular formula is C27H39N5O5. The number of ether oxygens (including phenoxy) is 2. The number of nitrogens with one attached hydrogen (secondary N) is 2. The molecule has 0 saturated heterocycles. The number of methoxy groups -OCH3 is 1. The van der Waals surface area contributed by atoms with Gasteiger partial charge < -0.3 is 29.5 Å². The molecule has 0 spiro atoms. The molecule has 2 heterocycles. The van der Waals surface area contributed by atoms with Crippen LogP contribution in [0.25, 0.3) is 0 Å². The van der Waals surface area contributed by atoms with E-state index in [9.17, 15) is 9.59 Å². The Morgan fingerprint density at radius 3 is 2.59 bits per heavy atom. The first-order chi connectivity index (χ1) is 17.7. The topological polar surface area (TPSA) is 109 Å². The van der Waals surface area contributed by atoms with Crippen LogP contribution in [0.4, 0.5) is 16.2 Å². The van der Waals surface area contributed by atoms with E-state index in [1.54, 1.807) is 51.1 Å². The Hall–Kier alpha value is -3.11. The number of anilines is 2. The third-order valence-corrected chi connectivity index (χ3v) is 7.30. The molecular weight excluding hydrogens is 474 g/mol. The lowest BCUT2D eigenvalue weighted by Crippen LogP contribution is -2.47. The minimum Gasteiger partial charge on any atom is -0.491 e. The number of nitrogens with zero attached hydrogens (tertiary/aromatic N) is 3. The van der Waals surface area contributed by atoms with Gasteiger partial charge in [-0.15, -0.1) is 0 Å². The van der Waals surface area contributed by atoms with E-state index in [2.05, 4.69) is 34.5 Å². The van der Waals surface area contributed by atoms with Crippen LogP contribution in [0.1, 0.15) is 48.5 Å². The van der Waals surface area contributed by atoms with Gasteiger partial charge in [-0.2, -0.15) is 0 Å². The van der Waals surface area contributed by atoms with Crippen LogP contribution in [-0.4, -0.2) is 79.4 Å². The molecule has 1 aromatic heterocycles. The zero-order valence-corrected chi connectivity index (χ0v) is 22.7. The first-order valence-electron chi connectivity index (χ1n) is 13.0. The van der Waals surface area contributed by atoms with Crippen molar-refractivity contribution in [2.24, 2.45) is 11.8 Å². The molecule has 1 aromatic carbocycles. The summed E-state index contributed by atoms with van der Waals surface area (Å²) in [6, 6.07) is 4.82. The van der Waals surface area contributed by atoms with Crippen molar-refractivity contribution in [2.45, 2.75) is 52.7 Å². The number of rotatable bonds is 5. The number of aromatic nitrogens is 1. The molecule has 3 amide bonds. The van der Waals surface area contributed by atoms with Crippen molar-refractivity contribution in [3.05, 3.63) is 35.2 Å². The van der Waals surface area contributed by atoms with Crippen molar-refractivity contribution in [1.82, 2.24) is 15.0 Å². The number of fused-ring (bicyclic) bond motifs is 1. The highest BCUT2D eigenvalue weighted by atomic mass is 16.5. The summed E-state index contributed by atoms with van der Waals surface area (Å²) in [5, 5.41) is 9.44. The first kappa shape index (κ1) is 26.9. The van der Waals surface area contributed by atoms with E-state index in [0.29, 0.717) is 47.3 Å². The van der Waals surface area contributed by atoms with Gasteiger partial charge in [-0.3, -0.25) is 9.69 Å². The molecule has 3 atom stereocenters. The Bertz CT molecular complexity index is 1100. The third kappa shape index (κ3) is 6.61. The van der Waals surface area contributed by atoms with Gasteiger partial charge >= 0.3 is 6.03 Å². The molecule has 1 aliphatic carbocycles. The van der Waals surface area contributed by atoms with Gasteiger partial charge in [-0.25, -0.2) is 4.79 Å². The summed E-state index contributed by atoms with van der Waals surface area (Å²) in [6.45, 7) is 10.6. The molecule has 1 aliphatic heterocycles. The van der Waals surface area contributed by atoms with Crippen molar-refractivity contribution in [3.63, 3.8) is 0 Å². The quantitative estimate of drug-likeness (QED) is 0.618. The maximum atomic E-state index is 13.4. The molecule has 0 radical (unpaired) electrons. The largest absolute Gasteiger partial charge is 0.491 e. The van der Waals surface area contributed by atoms with Gasteiger partial charge in [-0.05, 0) is 57.6 Å². The number of aryl methyl sites for hydroxylation is 2. The summed E-state index contributed by atoms with van der Waals surface area (Å²) in [5.74, 6) is 1.80. The van der Waals surface area contributed by atoms with E-state index in [4.69, 9.17) is 14.0 Å². The van der Waals surface area contributed by atoms with Gasteiger partial charge in [0.25, 0.3) is 5.91 Å². The molecule has 10 nitrogen and oxygen atoms in total. The van der Waals surface area contributed by atoms with Gasteiger partial charge in [-0.1, -0.05) is 12.1 Å². The van der Waals surface area contributed by atoms with Crippen LogP contribution >= 0.6 is 0 Å². The maximum absolute atomic E-state index is 13.4. The summed E-state index contributed by atoms with van der Waals surface area (Å²) in [6.07, 6.45) is 2.47. The third-order valence-electron chi connectivity index (χ3n) is 7.30. The molecule has 37 heavy (non-hydrogen) atoms. The van der Waals surface area contributed by atoms with Crippen LogP contribution in [0.5, 0.6) is 5.75 Å². The van der Waals surface area contributed by atoms with Gasteiger partial charge in [0.1, 0.15) is 23.7 Å². The normalized spacial score (nSPS) is 23.5. The summed E-state index contributed by atoms with van der Waals surface area (Å²) in [4.78, 5) is 30.2. The number of hydrogen-bond donors (Lipinski definition) is 2. The van der Waals surface area contributed by atoms with Crippen molar-refractivity contribution in [1.29, 1.82) is 0 Å². The monoisotopic (exact) mass is 513 g/mol. The molecule has 2 N–H and O–H groups in total. The Morgan fingerprint density at radius 1 is 1.19 bits per heavy atom. The molecule has 1 fully saturated rings. The van der Waals surface area contributed by atoms with Crippen molar-refractivity contribution in [3.8, 4) is 5.75 Å². The highest BCUT2D eigenvalue weighted by Crippen LogP contribution is 2.32. The number of urea groups is 1. The average Bonchev–Trinajstić information content (AvgIpc) is 3.64. The van der Waals surface area contributed by atoms with Gasteiger partial charge in [0.15, 0.2) is 5.76 Å². The number of carbonyl (C=O) groups excluding carboxylic acids is 2. The van der Waals surface area contributed by atoms with Crippen LogP contribution in [0.15, 0.2) is 22.7 Å². The minimum absolute atomic E-state index is 0.0828. The number of benzene rings is 1. The van der Waals surface area contributed by atoms with Crippen LogP contribution in [0.3, 0.4) is 0 Å². The van der Waals surface area contributed by atoms with Crippen LogP contribution < -0.4 is 15.4 Å². The molecule has 1 saturated carbocycles. The standard InChI is InChI=1S/C27H39N5O5/c1-16-12-32(13-20-7-8-20)17(2)15-36-23-11-21(28-27(34)29-25-18(3)30-37-19(25)4)9-10-22(23)26(33)31(5)14-24(16)35-6/h9-11,16-17,20,24H,7-8,12-15H2,1-6H3,(H2,28,29,34)/t16-,17-,24+/m1/s1.